The lowest BCUT2D eigenvalue weighted by Gasteiger charge is -2.14. The topological polar surface area (TPSA) is 55.5 Å². The van der Waals surface area contributed by atoms with Crippen LogP contribution in [0.15, 0.2) is 30.3 Å². The average Bonchev–Trinajstić information content (AvgIpc) is 2.38. The van der Waals surface area contributed by atoms with E-state index in [9.17, 15) is 5.11 Å². The fraction of sp³-hybridized carbons (Fsp3) is 0.571. The Morgan fingerprint density at radius 1 is 1.33 bits per heavy atom. The van der Waals surface area contributed by atoms with Crippen LogP contribution in [-0.4, -0.2) is 35.4 Å². The fourth-order valence-electron chi connectivity index (χ4n) is 1.53. The van der Waals surface area contributed by atoms with Crippen molar-refractivity contribution in [2.45, 2.75) is 31.3 Å². The smallest absolute Gasteiger partial charge is 0.0864 e. The average molecular weight is 269 g/mol. The molecule has 0 bridgehead atoms. The molecule has 0 fully saturated rings. The van der Waals surface area contributed by atoms with Gasteiger partial charge in [0.15, 0.2) is 0 Å². The molecule has 0 amide bonds. The molecule has 0 saturated heterocycles. The van der Waals surface area contributed by atoms with E-state index in [0.29, 0.717) is 30.8 Å². The van der Waals surface area contributed by atoms with Crippen molar-refractivity contribution in [3.05, 3.63) is 35.9 Å². The van der Waals surface area contributed by atoms with Crippen LogP contribution in [-0.2, 0) is 11.3 Å². The van der Waals surface area contributed by atoms with Gasteiger partial charge >= 0.3 is 0 Å². The first kappa shape index (κ1) is 15.5. The minimum absolute atomic E-state index is 0.386. The van der Waals surface area contributed by atoms with Gasteiger partial charge in [-0.1, -0.05) is 37.3 Å². The highest BCUT2D eigenvalue weighted by Crippen LogP contribution is 2.14. The zero-order valence-electron chi connectivity index (χ0n) is 10.9. The number of nitrogens with two attached hydrogens (primary N) is 1. The second-order valence-electron chi connectivity index (χ2n) is 4.38. The first-order valence-electron chi connectivity index (χ1n) is 6.33. The van der Waals surface area contributed by atoms with Gasteiger partial charge in [0.1, 0.15) is 0 Å². The molecular weight excluding hydrogens is 246 g/mol. The Hall–Kier alpha value is -0.550. The van der Waals surface area contributed by atoms with Gasteiger partial charge in [0.05, 0.1) is 19.3 Å². The molecule has 1 aromatic rings. The predicted molar refractivity (Wildman–Crippen MR) is 77.7 cm³/mol. The standard InChI is InChI=1S/C14H23NO2S/c1-12(7-8-15)18-11-14(16)10-17-9-13-5-3-2-4-6-13/h2-6,12,14,16H,7-11,15H2,1H3. The van der Waals surface area contributed by atoms with Gasteiger partial charge in [-0.15, -0.1) is 0 Å². The van der Waals surface area contributed by atoms with E-state index >= 15 is 0 Å². The summed E-state index contributed by atoms with van der Waals surface area (Å²) >= 11 is 1.75. The molecule has 3 N–H and O–H groups in total. The molecule has 0 aliphatic rings. The molecule has 0 aliphatic heterocycles. The van der Waals surface area contributed by atoms with Crippen LogP contribution in [0.1, 0.15) is 18.9 Å². The quantitative estimate of drug-likeness (QED) is 0.720. The molecule has 0 spiro atoms. The summed E-state index contributed by atoms with van der Waals surface area (Å²) in [6, 6.07) is 9.99. The zero-order valence-corrected chi connectivity index (χ0v) is 11.7. The van der Waals surface area contributed by atoms with Crippen molar-refractivity contribution in [3.63, 3.8) is 0 Å². The van der Waals surface area contributed by atoms with Crippen molar-refractivity contribution in [3.8, 4) is 0 Å². The van der Waals surface area contributed by atoms with Crippen molar-refractivity contribution in [2.75, 3.05) is 18.9 Å². The Morgan fingerprint density at radius 2 is 2.06 bits per heavy atom. The lowest BCUT2D eigenvalue weighted by Crippen LogP contribution is -2.20. The minimum atomic E-state index is -0.404. The van der Waals surface area contributed by atoms with Gasteiger partial charge in [-0.05, 0) is 18.5 Å². The number of aliphatic hydroxyl groups excluding tert-OH is 1. The van der Waals surface area contributed by atoms with Crippen LogP contribution in [0.2, 0.25) is 0 Å². The van der Waals surface area contributed by atoms with E-state index in [1.807, 2.05) is 30.3 Å². The van der Waals surface area contributed by atoms with E-state index in [4.69, 9.17) is 10.5 Å². The summed E-state index contributed by atoms with van der Waals surface area (Å²) in [4.78, 5) is 0. The molecule has 0 radical (unpaired) electrons. The van der Waals surface area contributed by atoms with Crippen LogP contribution < -0.4 is 5.73 Å². The Kier molecular flexibility index (Phi) is 8.09. The number of thioether (sulfide) groups is 1. The van der Waals surface area contributed by atoms with Gasteiger partial charge < -0.3 is 15.6 Å². The van der Waals surface area contributed by atoms with Gasteiger partial charge in [0.25, 0.3) is 0 Å². The number of aliphatic hydroxyl groups is 1. The molecule has 0 saturated carbocycles. The van der Waals surface area contributed by atoms with E-state index in [1.165, 1.54) is 0 Å². The first-order chi connectivity index (χ1) is 8.72. The Labute approximate surface area is 114 Å². The van der Waals surface area contributed by atoms with Crippen LogP contribution in [0.25, 0.3) is 0 Å². The maximum atomic E-state index is 9.77. The molecule has 0 aromatic heterocycles. The fourth-order valence-corrected chi connectivity index (χ4v) is 2.48. The highest BCUT2D eigenvalue weighted by atomic mass is 32.2. The monoisotopic (exact) mass is 269 g/mol. The Balaban J connectivity index is 2.08. The van der Waals surface area contributed by atoms with Gasteiger partial charge in [-0.25, -0.2) is 0 Å². The maximum absolute atomic E-state index is 9.77. The van der Waals surface area contributed by atoms with Crippen molar-refractivity contribution >= 4 is 11.8 Å². The Morgan fingerprint density at radius 3 is 2.72 bits per heavy atom. The van der Waals surface area contributed by atoms with Gasteiger partial charge in [-0.3, -0.25) is 0 Å². The van der Waals surface area contributed by atoms with E-state index in [0.717, 1.165) is 12.0 Å². The number of hydrogen-bond acceptors (Lipinski definition) is 4. The number of ether oxygens (including phenoxy) is 1. The summed E-state index contributed by atoms with van der Waals surface area (Å²) in [5.41, 5.74) is 6.61. The second kappa shape index (κ2) is 9.39. The predicted octanol–water partition coefficient (Wildman–Crippen LogP) is 2.03. The third kappa shape index (κ3) is 7.01. The minimum Gasteiger partial charge on any atom is -0.390 e. The summed E-state index contributed by atoms with van der Waals surface area (Å²) in [5.74, 6) is 0.704. The third-order valence-electron chi connectivity index (χ3n) is 2.57. The number of hydrogen-bond donors (Lipinski definition) is 2. The normalized spacial score (nSPS) is 14.4. The van der Waals surface area contributed by atoms with Crippen LogP contribution in [0.5, 0.6) is 0 Å². The molecule has 2 unspecified atom stereocenters. The third-order valence-corrected chi connectivity index (χ3v) is 3.95. The number of rotatable bonds is 9. The van der Waals surface area contributed by atoms with Crippen LogP contribution in [0.3, 0.4) is 0 Å². The van der Waals surface area contributed by atoms with E-state index in [-0.39, 0.29) is 0 Å². The SMILES string of the molecule is CC(CCN)SCC(O)COCc1ccccc1. The van der Waals surface area contributed by atoms with Crippen molar-refractivity contribution < 1.29 is 9.84 Å². The summed E-state index contributed by atoms with van der Waals surface area (Å²) in [6.45, 7) is 3.78. The molecule has 0 heterocycles. The summed E-state index contributed by atoms with van der Waals surface area (Å²) < 4.78 is 5.49. The van der Waals surface area contributed by atoms with Gasteiger partial charge in [0.2, 0.25) is 0 Å². The molecule has 1 aromatic carbocycles. The molecule has 18 heavy (non-hydrogen) atoms. The van der Waals surface area contributed by atoms with E-state index < -0.39 is 6.10 Å². The van der Waals surface area contributed by atoms with Crippen LogP contribution in [0.4, 0.5) is 0 Å². The second-order valence-corrected chi connectivity index (χ2v) is 5.85. The summed E-state index contributed by atoms with van der Waals surface area (Å²) in [5, 5.41) is 10.3. The Bertz CT molecular complexity index is 308. The highest BCUT2D eigenvalue weighted by Gasteiger charge is 2.08. The van der Waals surface area contributed by atoms with Crippen molar-refractivity contribution in [1.82, 2.24) is 0 Å². The molecule has 102 valence electrons. The maximum Gasteiger partial charge on any atom is 0.0864 e. The van der Waals surface area contributed by atoms with E-state index in [2.05, 4.69) is 6.92 Å². The van der Waals surface area contributed by atoms with Gasteiger partial charge in [-0.2, -0.15) is 11.8 Å². The summed E-state index contributed by atoms with van der Waals surface area (Å²) in [6.07, 6.45) is 0.585. The molecule has 0 aliphatic carbocycles. The highest BCUT2D eigenvalue weighted by molar-refractivity contribution is 7.99. The van der Waals surface area contributed by atoms with Crippen LogP contribution in [0, 0.1) is 0 Å². The van der Waals surface area contributed by atoms with Crippen LogP contribution >= 0.6 is 11.8 Å². The molecular formula is C14H23NO2S. The lowest BCUT2D eigenvalue weighted by molar-refractivity contribution is 0.0397. The zero-order chi connectivity index (χ0) is 13.2. The first-order valence-corrected chi connectivity index (χ1v) is 7.38. The molecule has 3 nitrogen and oxygen atoms in total. The summed E-state index contributed by atoms with van der Waals surface area (Å²) in [7, 11) is 0. The molecule has 2 atom stereocenters. The van der Waals surface area contributed by atoms with E-state index in [1.54, 1.807) is 11.8 Å². The molecule has 1 rings (SSSR count). The van der Waals surface area contributed by atoms with Crippen molar-refractivity contribution in [1.29, 1.82) is 0 Å². The largest absolute Gasteiger partial charge is 0.390 e. The van der Waals surface area contributed by atoms with Crippen molar-refractivity contribution in [2.24, 2.45) is 5.73 Å². The van der Waals surface area contributed by atoms with Gasteiger partial charge in [0, 0.05) is 11.0 Å². The number of benzene rings is 1. The molecule has 4 heteroatoms. The lowest BCUT2D eigenvalue weighted by atomic mass is 10.2.